The van der Waals surface area contributed by atoms with E-state index >= 15 is 0 Å². The third-order valence-corrected chi connectivity index (χ3v) is 6.45. The molecule has 1 aliphatic carbocycles. The first-order valence-corrected chi connectivity index (χ1v) is 7.51. The molecule has 2 atom stereocenters. The van der Waals surface area contributed by atoms with Crippen molar-refractivity contribution in [3.05, 3.63) is 29.8 Å². The normalized spacial score (nSPS) is 28.3. The predicted molar refractivity (Wildman–Crippen MR) is 75.2 cm³/mol. The van der Waals surface area contributed by atoms with E-state index in [1.54, 1.807) is 24.3 Å². The fourth-order valence-corrected chi connectivity index (χ4v) is 4.72. The van der Waals surface area contributed by atoms with Crippen molar-refractivity contribution in [3.63, 3.8) is 0 Å². The monoisotopic (exact) mass is 300 g/mol. The van der Waals surface area contributed by atoms with E-state index in [9.17, 15) is 13.2 Å². The van der Waals surface area contributed by atoms with Crippen LogP contribution in [0.25, 0.3) is 0 Å². The van der Waals surface area contributed by atoms with Crippen molar-refractivity contribution in [2.45, 2.75) is 29.4 Å². The standard InChI is InChI=1S/C13H14O4S.H2S/c1-2-9-3-5-11(6-4-9)18(15,16)13-7-10(13)8-17-12(13)14;/h3-6,10H,2,7-8H2,1H3;1H2/t10-,13+;/m0./s1. The van der Waals surface area contributed by atoms with Gasteiger partial charge in [0.2, 0.25) is 0 Å². The molecule has 1 saturated heterocycles. The molecule has 0 N–H and O–H groups in total. The smallest absolute Gasteiger partial charge is 0.328 e. The average Bonchev–Trinajstić information content (AvgIpc) is 3.05. The first-order valence-electron chi connectivity index (χ1n) is 6.03. The number of benzene rings is 1. The lowest BCUT2D eigenvalue weighted by Gasteiger charge is -2.11. The van der Waals surface area contributed by atoms with Gasteiger partial charge in [-0.25, -0.2) is 8.42 Å². The number of hydrogen-bond donors (Lipinski definition) is 0. The summed E-state index contributed by atoms with van der Waals surface area (Å²) in [5, 5.41) is 0. The highest BCUT2D eigenvalue weighted by atomic mass is 32.2. The summed E-state index contributed by atoms with van der Waals surface area (Å²) < 4.78 is 28.6. The molecule has 1 aromatic rings. The number of sulfone groups is 1. The van der Waals surface area contributed by atoms with E-state index in [2.05, 4.69) is 0 Å². The van der Waals surface area contributed by atoms with Crippen molar-refractivity contribution in [1.82, 2.24) is 0 Å². The molecule has 0 spiro atoms. The number of carbonyl (C=O) groups is 1. The van der Waals surface area contributed by atoms with Crippen LogP contribution in [0.3, 0.4) is 0 Å². The molecule has 6 heteroatoms. The largest absolute Gasteiger partial charge is 0.464 e. The number of cyclic esters (lactones) is 1. The Hall–Kier alpha value is -1.01. The maximum absolute atomic E-state index is 12.5. The third-order valence-electron chi connectivity index (χ3n) is 3.93. The first-order chi connectivity index (χ1) is 8.52. The Kier molecular flexibility index (Phi) is 3.43. The molecule has 2 fully saturated rings. The minimum atomic E-state index is -3.61. The Morgan fingerprint density at radius 1 is 1.32 bits per heavy atom. The van der Waals surface area contributed by atoms with Gasteiger partial charge >= 0.3 is 5.97 Å². The predicted octanol–water partition coefficient (Wildman–Crippen LogP) is 1.45. The van der Waals surface area contributed by atoms with E-state index in [4.69, 9.17) is 4.74 Å². The number of fused-ring (bicyclic) bond motifs is 1. The summed E-state index contributed by atoms with van der Waals surface area (Å²) in [5.74, 6) is -0.729. The molecule has 19 heavy (non-hydrogen) atoms. The minimum Gasteiger partial charge on any atom is -0.464 e. The van der Waals surface area contributed by atoms with E-state index in [-0.39, 0.29) is 30.9 Å². The van der Waals surface area contributed by atoms with Gasteiger partial charge < -0.3 is 4.74 Å². The van der Waals surface area contributed by atoms with Gasteiger partial charge in [-0.3, -0.25) is 4.79 Å². The molecule has 1 aromatic carbocycles. The molecule has 1 saturated carbocycles. The molecule has 0 unspecified atom stereocenters. The van der Waals surface area contributed by atoms with Crippen LogP contribution in [-0.2, 0) is 25.8 Å². The highest BCUT2D eigenvalue weighted by molar-refractivity contribution is 7.94. The summed E-state index contributed by atoms with van der Waals surface area (Å²) in [4.78, 5) is 11.9. The molecule has 0 bridgehead atoms. The number of ether oxygens (including phenoxy) is 1. The van der Waals surface area contributed by atoms with Crippen LogP contribution >= 0.6 is 13.5 Å². The van der Waals surface area contributed by atoms with Crippen LogP contribution in [0, 0.1) is 5.92 Å². The second-order valence-corrected chi connectivity index (χ2v) is 7.10. The zero-order valence-electron chi connectivity index (χ0n) is 10.5. The maximum Gasteiger partial charge on any atom is 0.328 e. The Balaban J connectivity index is 0.00000133. The van der Waals surface area contributed by atoms with Crippen LogP contribution in [0.1, 0.15) is 18.9 Å². The fourth-order valence-electron chi connectivity index (χ4n) is 2.60. The summed E-state index contributed by atoms with van der Waals surface area (Å²) in [6.45, 7) is 2.25. The highest BCUT2D eigenvalue weighted by Gasteiger charge is 2.74. The Morgan fingerprint density at radius 3 is 2.37 bits per heavy atom. The van der Waals surface area contributed by atoms with E-state index in [1.807, 2.05) is 6.92 Å². The van der Waals surface area contributed by atoms with Crippen LogP contribution < -0.4 is 0 Å². The van der Waals surface area contributed by atoms with Gasteiger partial charge in [0, 0.05) is 5.92 Å². The SMILES string of the molecule is CCc1ccc(S(=O)(=O)[C@]23C[C@H]2COC3=O)cc1.S. The lowest BCUT2D eigenvalue weighted by atomic mass is 10.2. The molecule has 4 nitrogen and oxygen atoms in total. The zero-order chi connectivity index (χ0) is 13.0. The average molecular weight is 300 g/mol. The molecule has 1 heterocycles. The van der Waals surface area contributed by atoms with E-state index in [0.29, 0.717) is 6.42 Å². The molecule has 0 aromatic heterocycles. The number of carbonyl (C=O) groups excluding carboxylic acids is 1. The topological polar surface area (TPSA) is 60.4 Å². The van der Waals surface area contributed by atoms with Crippen molar-refractivity contribution in [2.75, 3.05) is 6.61 Å². The van der Waals surface area contributed by atoms with Crippen LogP contribution in [0.15, 0.2) is 29.2 Å². The van der Waals surface area contributed by atoms with Gasteiger partial charge in [-0.05, 0) is 30.5 Å². The van der Waals surface area contributed by atoms with Gasteiger partial charge in [-0.15, -0.1) is 0 Å². The number of hydrogen-bond acceptors (Lipinski definition) is 4. The van der Waals surface area contributed by atoms with Gasteiger partial charge in [-0.2, -0.15) is 13.5 Å². The molecule has 104 valence electrons. The molecular formula is C13H16O4S2. The number of rotatable bonds is 3. The van der Waals surface area contributed by atoms with E-state index in [0.717, 1.165) is 12.0 Å². The van der Waals surface area contributed by atoms with Crippen molar-refractivity contribution in [1.29, 1.82) is 0 Å². The summed E-state index contributed by atoms with van der Waals surface area (Å²) in [7, 11) is -3.61. The third kappa shape index (κ3) is 1.80. The van der Waals surface area contributed by atoms with Gasteiger partial charge in [0.15, 0.2) is 14.6 Å². The van der Waals surface area contributed by atoms with Gasteiger partial charge in [-0.1, -0.05) is 19.1 Å². The fraction of sp³-hybridized carbons (Fsp3) is 0.462. The summed E-state index contributed by atoms with van der Waals surface area (Å²) in [6.07, 6.45) is 1.26. The molecule has 0 amide bonds. The summed E-state index contributed by atoms with van der Waals surface area (Å²) in [6, 6.07) is 6.76. The Bertz CT molecular complexity index is 606. The van der Waals surface area contributed by atoms with Crippen molar-refractivity contribution in [3.8, 4) is 0 Å². The quantitative estimate of drug-likeness (QED) is 0.793. The molecule has 2 aliphatic rings. The first kappa shape index (κ1) is 14.4. The van der Waals surface area contributed by atoms with E-state index in [1.165, 1.54) is 0 Å². The lowest BCUT2D eigenvalue weighted by molar-refractivity contribution is -0.140. The second kappa shape index (κ2) is 4.52. The van der Waals surface area contributed by atoms with Crippen LogP contribution in [0.2, 0.25) is 0 Å². The van der Waals surface area contributed by atoms with Crippen LogP contribution in [0.5, 0.6) is 0 Å². The highest BCUT2D eigenvalue weighted by Crippen LogP contribution is 2.57. The van der Waals surface area contributed by atoms with Crippen LogP contribution in [0.4, 0.5) is 0 Å². The molecule has 0 radical (unpaired) electrons. The summed E-state index contributed by atoms with van der Waals surface area (Å²) >= 11 is 0. The maximum atomic E-state index is 12.5. The lowest BCUT2D eigenvalue weighted by Crippen LogP contribution is -2.31. The van der Waals surface area contributed by atoms with E-state index < -0.39 is 20.6 Å². The Morgan fingerprint density at radius 2 is 1.95 bits per heavy atom. The van der Waals surface area contributed by atoms with Crippen molar-refractivity contribution in [2.24, 2.45) is 5.92 Å². The van der Waals surface area contributed by atoms with Gasteiger partial charge in [0.25, 0.3) is 0 Å². The zero-order valence-corrected chi connectivity index (χ0v) is 12.4. The van der Waals surface area contributed by atoms with Crippen molar-refractivity contribution < 1.29 is 17.9 Å². The second-order valence-electron chi connectivity index (χ2n) is 4.89. The van der Waals surface area contributed by atoms with Gasteiger partial charge in [0.1, 0.15) is 0 Å². The molecular weight excluding hydrogens is 284 g/mol. The molecule has 1 aliphatic heterocycles. The number of esters is 1. The van der Waals surface area contributed by atoms with Gasteiger partial charge in [0.05, 0.1) is 11.5 Å². The number of aryl methyl sites for hydroxylation is 1. The van der Waals surface area contributed by atoms with Crippen LogP contribution in [-0.4, -0.2) is 25.7 Å². The minimum absolute atomic E-state index is 0. The molecule has 3 rings (SSSR count). The summed E-state index contributed by atoms with van der Waals surface area (Å²) in [5.41, 5.74) is 1.08. The Labute approximate surface area is 119 Å². The van der Waals surface area contributed by atoms with Crippen molar-refractivity contribution >= 4 is 29.3 Å².